The first kappa shape index (κ1) is 12.0. The van der Waals surface area contributed by atoms with Crippen LogP contribution in [0.15, 0.2) is 24.3 Å². The molecular weight excluding hydrogens is 186 g/mol. The molecule has 1 aromatic carbocycles. The average molecular weight is 207 g/mol. The molecule has 0 saturated heterocycles. The van der Waals surface area contributed by atoms with E-state index in [9.17, 15) is 0 Å². The molecule has 0 spiro atoms. The van der Waals surface area contributed by atoms with Gasteiger partial charge in [-0.05, 0) is 31.8 Å². The number of anilines is 1. The summed E-state index contributed by atoms with van der Waals surface area (Å²) in [6.45, 7) is 3.03. The van der Waals surface area contributed by atoms with Crippen LogP contribution in [0.25, 0.3) is 0 Å². The highest BCUT2D eigenvalue weighted by atomic mass is 15.1. The molecule has 3 heteroatoms. The fourth-order valence-corrected chi connectivity index (χ4v) is 1.37. The van der Waals surface area contributed by atoms with Crippen molar-refractivity contribution in [2.75, 3.05) is 39.5 Å². The highest BCUT2D eigenvalue weighted by Crippen LogP contribution is 2.08. The van der Waals surface area contributed by atoms with E-state index < -0.39 is 0 Å². The second-order valence-electron chi connectivity index (χ2n) is 3.93. The summed E-state index contributed by atoms with van der Waals surface area (Å²) < 4.78 is 0. The van der Waals surface area contributed by atoms with Crippen LogP contribution in [0.3, 0.4) is 0 Å². The molecule has 84 valence electrons. The van der Waals surface area contributed by atoms with E-state index in [1.165, 1.54) is 11.3 Å². The third kappa shape index (κ3) is 4.81. The lowest BCUT2D eigenvalue weighted by atomic mass is 10.2. The SMILES string of the molecule is CNc1cccc(CNCCN(C)C)c1. The Morgan fingerprint density at radius 3 is 2.73 bits per heavy atom. The highest BCUT2D eigenvalue weighted by molar-refractivity contribution is 5.44. The Kier molecular flexibility index (Phi) is 5.15. The summed E-state index contributed by atoms with van der Waals surface area (Å²) in [6.07, 6.45) is 0. The number of rotatable bonds is 6. The number of nitrogens with one attached hydrogen (secondary N) is 2. The van der Waals surface area contributed by atoms with Gasteiger partial charge in [0.25, 0.3) is 0 Å². The number of nitrogens with zero attached hydrogens (tertiary/aromatic N) is 1. The Morgan fingerprint density at radius 2 is 2.07 bits per heavy atom. The maximum Gasteiger partial charge on any atom is 0.0340 e. The number of hydrogen-bond donors (Lipinski definition) is 2. The predicted molar refractivity (Wildman–Crippen MR) is 66.2 cm³/mol. The topological polar surface area (TPSA) is 27.3 Å². The molecular formula is C12H21N3. The Labute approximate surface area is 92.5 Å². The van der Waals surface area contributed by atoms with Gasteiger partial charge in [0.05, 0.1) is 0 Å². The molecule has 0 atom stereocenters. The molecule has 1 aromatic rings. The molecule has 15 heavy (non-hydrogen) atoms. The van der Waals surface area contributed by atoms with E-state index in [1.807, 2.05) is 7.05 Å². The van der Waals surface area contributed by atoms with Crippen molar-refractivity contribution in [3.63, 3.8) is 0 Å². The van der Waals surface area contributed by atoms with Crippen LogP contribution in [-0.4, -0.2) is 39.1 Å². The van der Waals surface area contributed by atoms with Crippen molar-refractivity contribution < 1.29 is 0 Å². The third-order valence-corrected chi connectivity index (χ3v) is 2.28. The van der Waals surface area contributed by atoms with Crippen LogP contribution >= 0.6 is 0 Å². The average Bonchev–Trinajstić information content (AvgIpc) is 2.24. The van der Waals surface area contributed by atoms with Gasteiger partial charge in [0.15, 0.2) is 0 Å². The van der Waals surface area contributed by atoms with Crippen LogP contribution in [0.5, 0.6) is 0 Å². The molecule has 0 heterocycles. The second kappa shape index (κ2) is 6.43. The maximum atomic E-state index is 3.41. The summed E-state index contributed by atoms with van der Waals surface area (Å²) in [4.78, 5) is 2.18. The van der Waals surface area contributed by atoms with Crippen molar-refractivity contribution in [1.82, 2.24) is 10.2 Å². The van der Waals surface area contributed by atoms with Crippen LogP contribution in [-0.2, 0) is 6.54 Å². The summed E-state index contributed by atoms with van der Waals surface area (Å²) in [5.74, 6) is 0. The van der Waals surface area contributed by atoms with Crippen molar-refractivity contribution >= 4 is 5.69 Å². The highest BCUT2D eigenvalue weighted by Gasteiger charge is 1.94. The van der Waals surface area contributed by atoms with Crippen molar-refractivity contribution in [3.8, 4) is 0 Å². The monoisotopic (exact) mass is 207 g/mol. The minimum atomic E-state index is 0.934. The lowest BCUT2D eigenvalue weighted by Crippen LogP contribution is -2.26. The van der Waals surface area contributed by atoms with Crippen molar-refractivity contribution in [2.24, 2.45) is 0 Å². The van der Waals surface area contributed by atoms with Crippen LogP contribution < -0.4 is 10.6 Å². The summed E-state index contributed by atoms with van der Waals surface area (Å²) in [5.41, 5.74) is 2.49. The largest absolute Gasteiger partial charge is 0.388 e. The zero-order valence-corrected chi connectivity index (χ0v) is 9.88. The van der Waals surface area contributed by atoms with Crippen LogP contribution in [0.4, 0.5) is 5.69 Å². The maximum absolute atomic E-state index is 3.41. The lowest BCUT2D eigenvalue weighted by molar-refractivity contribution is 0.400. The molecule has 0 fully saturated rings. The summed E-state index contributed by atoms with van der Waals surface area (Å²) in [6, 6.07) is 8.46. The Bertz CT molecular complexity index is 284. The van der Waals surface area contributed by atoms with E-state index in [1.54, 1.807) is 0 Å². The molecule has 0 amide bonds. The summed E-state index contributed by atoms with van der Waals surface area (Å²) >= 11 is 0. The first-order valence-electron chi connectivity index (χ1n) is 5.34. The molecule has 0 bridgehead atoms. The normalized spacial score (nSPS) is 10.7. The molecule has 0 unspecified atom stereocenters. The number of likely N-dealkylation sites (N-methyl/N-ethyl adjacent to an activating group) is 1. The van der Waals surface area contributed by atoms with Crippen molar-refractivity contribution in [3.05, 3.63) is 29.8 Å². The van der Waals surface area contributed by atoms with Gasteiger partial charge in [0.2, 0.25) is 0 Å². The lowest BCUT2D eigenvalue weighted by Gasteiger charge is -2.10. The molecule has 0 aliphatic heterocycles. The van der Waals surface area contributed by atoms with E-state index >= 15 is 0 Å². The first-order chi connectivity index (χ1) is 7.22. The number of hydrogen-bond acceptors (Lipinski definition) is 3. The third-order valence-electron chi connectivity index (χ3n) is 2.28. The fraction of sp³-hybridized carbons (Fsp3) is 0.500. The van der Waals surface area contributed by atoms with Crippen molar-refractivity contribution in [2.45, 2.75) is 6.54 Å². The van der Waals surface area contributed by atoms with Gasteiger partial charge in [-0.2, -0.15) is 0 Å². The number of benzene rings is 1. The zero-order valence-electron chi connectivity index (χ0n) is 9.88. The van der Waals surface area contributed by atoms with E-state index in [0.717, 1.165) is 19.6 Å². The van der Waals surface area contributed by atoms with E-state index in [-0.39, 0.29) is 0 Å². The van der Waals surface area contributed by atoms with Crippen LogP contribution in [0, 0.1) is 0 Å². The van der Waals surface area contributed by atoms with Gasteiger partial charge in [-0.1, -0.05) is 12.1 Å². The van der Waals surface area contributed by atoms with E-state index in [4.69, 9.17) is 0 Å². The van der Waals surface area contributed by atoms with Gasteiger partial charge in [-0.3, -0.25) is 0 Å². The first-order valence-corrected chi connectivity index (χ1v) is 5.34. The van der Waals surface area contributed by atoms with Crippen molar-refractivity contribution in [1.29, 1.82) is 0 Å². The Balaban J connectivity index is 2.30. The van der Waals surface area contributed by atoms with E-state index in [0.29, 0.717) is 0 Å². The van der Waals surface area contributed by atoms with Crippen LogP contribution in [0.2, 0.25) is 0 Å². The molecule has 2 N–H and O–H groups in total. The Hall–Kier alpha value is -1.06. The molecule has 0 aromatic heterocycles. The van der Waals surface area contributed by atoms with Crippen LogP contribution in [0.1, 0.15) is 5.56 Å². The molecule has 3 nitrogen and oxygen atoms in total. The zero-order chi connectivity index (χ0) is 11.1. The minimum absolute atomic E-state index is 0.934. The van der Waals surface area contributed by atoms with Gasteiger partial charge in [-0.25, -0.2) is 0 Å². The molecule has 0 radical (unpaired) electrons. The summed E-state index contributed by atoms with van der Waals surface area (Å²) in [7, 11) is 6.12. The van der Waals surface area contributed by atoms with E-state index in [2.05, 4.69) is 53.9 Å². The fourth-order valence-electron chi connectivity index (χ4n) is 1.37. The molecule has 1 rings (SSSR count). The summed E-state index contributed by atoms with van der Waals surface area (Å²) in [5, 5.41) is 6.55. The molecule has 0 aliphatic carbocycles. The van der Waals surface area contributed by atoms with Gasteiger partial charge in [0, 0.05) is 32.4 Å². The smallest absolute Gasteiger partial charge is 0.0340 e. The van der Waals surface area contributed by atoms with Gasteiger partial charge in [-0.15, -0.1) is 0 Å². The minimum Gasteiger partial charge on any atom is -0.388 e. The van der Waals surface area contributed by atoms with Gasteiger partial charge in [0.1, 0.15) is 0 Å². The van der Waals surface area contributed by atoms with Gasteiger partial charge >= 0.3 is 0 Å². The quantitative estimate of drug-likeness (QED) is 0.690. The standard InChI is InChI=1S/C12H21N3/c1-13-12-6-4-5-11(9-12)10-14-7-8-15(2)3/h4-6,9,13-14H,7-8,10H2,1-3H3. The second-order valence-corrected chi connectivity index (χ2v) is 3.93. The molecule has 0 saturated carbocycles. The van der Waals surface area contributed by atoms with Gasteiger partial charge < -0.3 is 15.5 Å². The molecule has 0 aliphatic rings. The Morgan fingerprint density at radius 1 is 1.27 bits per heavy atom. The predicted octanol–water partition coefficient (Wildman–Crippen LogP) is 1.38.